The molecule has 9 heteroatoms. The Balaban J connectivity index is 1.65. The largest absolute Gasteiger partial charge is 0.379 e. The fourth-order valence-corrected chi connectivity index (χ4v) is 4.57. The maximum absolute atomic E-state index is 12.7. The second kappa shape index (κ2) is 11.0. The third-order valence-corrected chi connectivity index (χ3v) is 6.79. The van der Waals surface area contributed by atoms with E-state index in [1.807, 2.05) is 6.92 Å². The van der Waals surface area contributed by atoms with E-state index >= 15 is 0 Å². The lowest BCUT2D eigenvalue weighted by molar-refractivity contribution is -0.111. The van der Waals surface area contributed by atoms with Crippen molar-refractivity contribution in [2.24, 2.45) is 0 Å². The number of nitrogens with zero attached hydrogens (tertiary/aromatic N) is 1. The topological polar surface area (TPSA) is 105 Å². The minimum atomic E-state index is -3.56. The van der Waals surface area contributed by atoms with Crippen LogP contribution in [0, 0.1) is 0 Å². The van der Waals surface area contributed by atoms with Crippen LogP contribution in [0.4, 0.5) is 5.69 Å². The number of anilines is 1. The van der Waals surface area contributed by atoms with Gasteiger partial charge in [-0.2, -0.15) is 4.31 Å². The molecule has 3 rings (SSSR count). The summed E-state index contributed by atoms with van der Waals surface area (Å²) >= 11 is 0. The van der Waals surface area contributed by atoms with Crippen LogP contribution in [0.2, 0.25) is 0 Å². The number of hydrogen-bond acceptors (Lipinski definition) is 5. The molecule has 8 nitrogen and oxygen atoms in total. The molecule has 0 spiro atoms. The van der Waals surface area contributed by atoms with Crippen molar-refractivity contribution in [2.75, 3.05) is 38.2 Å². The molecule has 1 fully saturated rings. The molecule has 2 amide bonds. The Kier molecular flexibility index (Phi) is 8.15. The predicted molar refractivity (Wildman–Crippen MR) is 123 cm³/mol. The quantitative estimate of drug-likeness (QED) is 0.593. The lowest BCUT2D eigenvalue weighted by atomic mass is 10.1. The van der Waals surface area contributed by atoms with Crippen LogP contribution < -0.4 is 10.6 Å². The highest BCUT2D eigenvalue weighted by Crippen LogP contribution is 2.19. The number of amides is 2. The van der Waals surface area contributed by atoms with Gasteiger partial charge in [0.2, 0.25) is 15.9 Å². The average Bonchev–Trinajstić information content (AvgIpc) is 2.82. The molecule has 0 bridgehead atoms. The van der Waals surface area contributed by atoms with Gasteiger partial charge in [0.1, 0.15) is 0 Å². The molecule has 2 aromatic rings. The second-order valence-electron chi connectivity index (χ2n) is 7.21. The van der Waals surface area contributed by atoms with Crippen LogP contribution >= 0.6 is 0 Å². The smallest absolute Gasteiger partial charge is 0.253 e. The summed E-state index contributed by atoms with van der Waals surface area (Å²) in [5.41, 5.74) is 1.48. The van der Waals surface area contributed by atoms with Gasteiger partial charge in [0.25, 0.3) is 5.91 Å². The molecule has 2 aromatic carbocycles. The second-order valence-corrected chi connectivity index (χ2v) is 9.15. The Hall–Kier alpha value is -3.01. The molecule has 1 aliphatic heterocycles. The van der Waals surface area contributed by atoms with Crippen LogP contribution in [-0.4, -0.2) is 57.4 Å². The number of sulfonamides is 1. The maximum Gasteiger partial charge on any atom is 0.253 e. The van der Waals surface area contributed by atoms with E-state index in [9.17, 15) is 18.0 Å². The van der Waals surface area contributed by atoms with Gasteiger partial charge >= 0.3 is 0 Å². The minimum absolute atomic E-state index is 0.202. The summed E-state index contributed by atoms with van der Waals surface area (Å²) in [6.45, 7) is 3.96. The highest BCUT2D eigenvalue weighted by atomic mass is 32.2. The summed E-state index contributed by atoms with van der Waals surface area (Å²) < 4.78 is 32.0. The summed E-state index contributed by atoms with van der Waals surface area (Å²) in [5.74, 6) is -0.644. The molecule has 0 atom stereocenters. The number of nitrogens with one attached hydrogen (secondary N) is 2. The third-order valence-electron chi connectivity index (χ3n) is 4.88. The van der Waals surface area contributed by atoms with Gasteiger partial charge in [0, 0.05) is 25.7 Å². The van der Waals surface area contributed by atoms with E-state index in [0.717, 1.165) is 6.42 Å². The number of hydrogen-bond donors (Lipinski definition) is 2. The number of carbonyl (C=O) groups excluding carboxylic acids is 2. The number of para-hydroxylation sites is 1. The van der Waals surface area contributed by atoms with Crippen molar-refractivity contribution in [3.05, 3.63) is 65.7 Å². The first-order valence-electron chi connectivity index (χ1n) is 10.5. The fourth-order valence-electron chi connectivity index (χ4n) is 3.16. The molecule has 0 aliphatic carbocycles. The molecule has 170 valence electrons. The molecule has 1 heterocycles. The highest BCUT2D eigenvalue weighted by Gasteiger charge is 2.25. The first-order valence-corrected chi connectivity index (χ1v) is 11.9. The molecule has 1 saturated heterocycles. The van der Waals surface area contributed by atoms with Crippen LogP contribution in [0.15, 0.2) is 59.5 Å². The lowest BCUT2D eigenvalue weighted by Crippen LogP contribution is -2.40. The number of ether oxygens (including phenoxy) is 1. The van der Waals surface area contributed by atoms with E-state index in [0.29, 0.717) is 49.7 Å². The number of benzene rings is 2. The highest BCUT2D eigenvalue weighted by molar-refractivity contribution is 7.89. The summed E-state index contributed by atoms with van der Waals surface area (Å²) in [4.78, 5) is 24.8. The Bertz CT molecular complexity index is 1080. The van der Waals surface area contributed by atoms with Gasteiger partial charge in [-0.1, -0.05) is 31.2 Å². The zero-order chi connectivity index (χ0) is 23.0. The van der Waals surface area contributed by atoms with Gasteiger partial charge in [-0.15, -0.1) is 0 Å². The molecule has 1 aliphatic rings. The molecular formula is C23H27N3O5S. The first-order chi connectivity index (χ1) is 15.4. The van der Waals surface area contributed by atoms with Crippen molar-refractivity contribution in [1.82, 2.24) is 9.62 Å². The fraction of sp³-hybridized carbons (Fsp3) is 0.304. The first kappa shape index (κ1) is 23.6. The van der Waals surface area contributed by atoms with Crippen molar-refractivity contribution in [3.63, 3.8) is 0 Å². The molecule has 0 aromatic heterocycles. The van der Waals surface area contributed by atoms with Crippen LogP contribution in [0.5, 0.6) is 0 Å². The summed E-state index contributed by atoms with van der Waals surface area (Å²) in [5, 5.41) is 5.51. The van der Waals surface area contributed by atoms with Crippen molar-refractivity contribution < 1.29 is 22.7 Å². The van der Waals surface area contributed by atoms with E-state index in [2.05, 4.69) is 10.6 Å². The molecule has 32 heavy (non-hydrogen) atoms. The Morgan fingerprint density at radius 2 is 1.75 bits per heavy atom. The summed E-state index contributed by atoms with van der Waals surface area (Å²) in [6, 6.07) is 13.1. The number of morpholine rings is 1. The number of rotatable bonds is 8. The zero-order valence-corrected chi connectivity index (χ0v) is 18.7. The Labute approximate surface area is 188 Å². The van der Waals surface area contributed by atoms with E-state index in [1.54, 1.807) is 42.5 Å². The zero-order valence-electron chi connectivity index (χ0n) is 17.9. The number of carbonyl (C=O) groups is 2. The van der Waals surface area contributed by atoms with Crippen LogP contribution in [0.1, 0.15) is 29.3 Å². The van der Waals surface area contributed by atoms with Gasteiger partial charge in [0.05, 0.1) is 29.4 Å². The third kappa shape index (κ3) is 6.03. The predicted octanol–water partition coefficient (Wildman–Crippen LogP) is 2.50. The van der Waals surface area contributed by atoms with Gasteiger partial charge in [-0.3, -0.25) is 9.59 Å². The SMILES string of the molecule is CCCNC(=O)c1ccccc1NC(=O)/C=C/c1ccc(S(=O)(=O)N2CCOCC2)cc1. The van der Waals surface area contributed by atoms with Crippen LogP contribution in [0.25, 0.3) is 6.08 Å². The van der Waals surface area contributed by atoms with Gasteiger partial charge in [-0.25, -0.2) is 8.42 Å². The molecule has 0 radical (unpaired) electrons. The van der Waals surface area contributed by atoms with Crippen molar-refractivity contribution in [2.45, 2.75) is 18.2 Å². The van der Waals surface area contributed by atoms with Crippen molar-refractivity contribution in [1.29, 1.82) is 0 Å². The minimum Gasteiger partial charge on any atom is -0.379 e. The van der Waals surface area contributed by atoms with Gasteiger partial charge in [-0.05, 0) is 42.3 Å². The van der Waals surface area contributed by atoms with Gasteiger partial charge in [0.15, 0.2) is 0 Å². The standard InChI is InChI=1S/C23H27N3O5S/c1-2-13-24-23(28)20-5-3-4-6-21(20)25-22(27)12-9-18-7-10-19(11-8-18)32(29,30)26-14-16-31-17-15-26/h3-12H,2,13-17H2,1H3,(H,24,28)(H,25,27)/b12-9+. The van der Waals surface area contributed by atoms with Crippen LogP contribution in [-0.2, 0) is 19.6 Å². The van der Waals surface area contributed by atoms with Crippen LogP contribution in [0.3, 0.4) is 0 Å². The summed E-state index contributed by atoms with van der Waals surface area (Å²) in [6.07, 6.45) is 3.74. The Morgan fingerprint density at radius 3 is 2.44 bits per heavy atom. The molecular weight excluding hydrogens is 430 g/mol. The molecule has 2 N–H and O–H groups in total. The van der Waals surface area contributed by atoms with E-state index in [1.165, 1.54) is 22.5 Å². The van der Waals surface area contributed by atoms with E-state index in [4.69, 9.17) is 4.74 Å². The average molecular weight is 458 g/mol. The normalized spacial score (nSPS) is 14.9. The summed E-state index contributed by atoms with van der Waals surface area (Å²) in [7, 11) is -3.56. The maximum atomic E-state index is 12.7. The van der Waals surface area contributed by atoms with E-state index < -0.39 is 15.9 Å². The van der Waals surface area contributed by atoms with E-state index in [-0.39, 0.29) is 10.8 Å². The monoisotopic (exact) mass is 457 g/mol. The van der Waals surface area contributed by atoms with Gasteiger partial charge < -0.3 is 15.4 Å². The molecule has 0 saturated carbocycles. The Morgan fingerprint density at radius 1 is 1.06 bits per heavy atom. The van der Waals surface area contributed by atoms with Crippen molar-refractivity contribution >= 4 is 33.6 Å². The van der Waals surface area contributed by atoms with Crippen molar-refractivity contribution in [3.8, 4) is 0 Å². The lowest BCUT2D eigenvalue weighted by Gasteiger charge is -2.26. The molecule has 0 unspecified atom stereocenters.